The van der Waals surface area contributed by atoms with Crippen LogP contribution in [-0.4, -0.2) is 75.2 Å². The van der Waals surface area contributed by atoms with Gasteiger partial charge in [0.2, 0.25) is 5.91 Å². The van der Waals surface area contributed by atoms with Crippen molar-refractivity contribution in [3.8, 4) is 17.2 Å². The van der Waals surface area contributed by atoms with E-state index in [-0.39, 0.29) is 5.91 Å². The zero-order valence-electron chi connectivity index (χ0n) is 21.7. The normalized spacial score (nSPS) is 17.4. The van der Waals surface area contributed by atoms with Gasteiger partial charge >= 0.3 is 0 Å². The fourth-order valence-electron chi connectivity index (χ4n) is 5.11. The Morgan fingerprint density at radius 2 is 1.69 bits per heavy atom. The summed E-state index contributed by atoms with van der Waals surface area (Å²) in [7, 11) is 5.37. The molecule has 2 aliphatic rings. The highest BCUT2D eigenvalue weighted by atomic mass is 16.5. The fraction of sp³-hybridized carbons (Fsp3) is 0.500. The van der Waals surface area contributed by atoms with Crippen molar-refractivity contribution in [1.29, 1.82) is 0 Å². The van der Waals surface area contributed by atoms with Gasteiger partial charge in [-0.15, -0.1) is 0 Å². The van der Waals surface area contributed by atoms with Crippen LogP contribution in [0.4, 0.5) is 0 Å². The molecule has 2 atom stereocenters. The number of hydrogen-bond donors (Lipinski definition) is 1. The number of nitrogens with two attached hydrogens (primary N) is 1. The number of benzene rings is 2. The van der Waals surface area contributed by atoms with Crippen LogP contribution in [-0.2, 0) is 28.9 Å². The van der Waals surface area contributed by atoms with E-state index in [1.807, 2.05) is 29.2 Å². The van der Waals surface area contributed by atoms with Crippen LogP contribution in [0.25, 0.3) is 0 Å². The van der Waals surface area contributed by atoms with E-state index >= 15 is 0 Å². The zero-order chi connectivity index (χ0) is 25.8. The van der Waals surface area contributed by atoms with Crippen molar-refractivity contribution in [2.24, 2.45) is 5.73 Å². The molecule has 2 N–H and O–H groups in total. The van der Waals surface area contributed by atoms with Gasteiger partial charge in [0.1, 0.15) is 5.75 Å². The SMILES string of the molecule is COc1cc2c(cc1OC)CCN(C(=O)CCN(C)CC1Cc3cc(OC(C)C(N)=O)ccc31)CC2. The second kappa shape index (κ2) is 11.2. The van der Waals surface area contributed by atoms with E-state index in [4.69, 9.17) is 19.9 Å². The van der Waals surface area contributed by atoms with Crippen LogP contribution in [0.1, 0.15) is 41.5 Å². The molecule has 2 unspecified atom stereocenters. The Morgan fingerprint density at radius 1 is 1.06 bits per heavy atom. The quantitative estimate of drug-likeness (QED) is 0.545. The van der Waals surface area contributed by atoms with Crippen molar-refractivity contribution in [2.45, 2.75) is 44.6 Å². The summed E-state index contributed by atoms with van der Waals surface area (Å²) in [6.45, 7) is 4.73. The van der Waals surface area contributed by atoms with Crippen LogP contribution < -0.4 is 19.9 Å². The number of nitrogens with zero attached hydrogens (tertiary/aromatic N) is 2. The topological polar surface area (TPSA) is 94.3 Å². The summed E-state index contributed by atoms with van der Waals surface area (Å²) in [5.41, 5.74) is 10.3. The summed E-state index contributed by atoms with van der Waals surface area (Å²) in [4.78, 5) is 28.5. The van der Waals surface area contributed by atoms with E-state index in [1.54, 1.807) is 21.1 Å². The number of rotatable bonds is 10. The summed E-state index contributed by atoms with van der Waals surface area (Å²) in [5.74, 6) is 2.32. The molecule has 1 heterocycles. The first-order chi connectivity index (χ1) is 17.3. The molecule has 2 amide bonds. The minimum absolute atomic E-state index is 0.202. The van der Waals surface area contributed by atoms with Gasteiger partial charge < -0.3 is 29.7 Å². The van der Waals surface area contributed by atoms with E-state index in [0.717, 1.165) is 56.9 Å². The number of fused-ring (bicyclic) bond motifs is 2. The first kappa shape index (κ1) is 25.8. The van der Waals surface area contributed by atoms with Gasteiger partial charge in [-0.3, -0.25) is 9.59 Å². The third-order valence-corrected chi connectivity index (χ3v) is 7.33. The number of amides is 2. The number of hydrogen-bond acceptors (Lipinski definition) is 6. The lowest BCUT2D eigenvalue weighted by Crippen LogP contribution is -2.37. The van der Waals surface area contributed by atoms with E-state index in [9.17, 15) is 9.59 Å². The summed E-state index contributed by atoms with van der Waals surface area (Å²) in [6.07, 6.45) is 2.47. The fourth-order valence-corrected chi connectivity index (χ4v) is 5.11. The third kappa shape index (κ3) is 5.75. The van der Waals surface area contributed by atoms with Crippen molar-refractivity contribution >= 4 is 11.8 Å². The molecule has 36 heavy (non-hydrogen) atoms. The molecular weight excluding hydrogens is 458 g/mol. The lowest BCUT2D eigenvalue weighted by molar-refractivity contribution is -0.131. The van der Waals surface area contributed by atoms with Crippen LogP contribution in [0.3, 0.4) is 0 Å². The predicted octanol–water partition coefficient (Wildman–Crippen LogP) is 2.55. The zero-order valence-corrected chi connectivity index (χ0v) is 21.7. The van der Waals surface area contributed by atoms with Crippen LogP contribution in [0, 0.1) is 0 Å². The van der Waals surface area contributed by atoms with Gasteiger partial charge in [-0.1, -0.05) is 6.07 Å². The molecule has 2 aromatic carbocycles. The molecule has 4 rings (SSSR count). The molecule has 0 aromatic heterocycles. The van der Waals surface area contributed by atoms with Crippen molar-refractivity contribution in [3.63, 3.8) is 0 Å². The summed E-state index contributed by atoms with van der Waals surface area (Å²) >= 11 is 0. The Hall–Kier alpha value is -3.26. The highest BCUT2D eigenvalue weighted by Gasteiger charge is 2.28. The first-order valence-corrected chi connectivity index (χ1v) is 12.6. The van der Waals surface area contributed by atoms with E-state index in [0.29, 0.717) is 18.1 Å². The second-order valence-electron chi connectivity index (χ2n) is 9.79. The van der Waals surface area contributed by atoms with Gasteiger partial charge in [0.25, 0.3) is 5.91 Å². The number of carbonyl (C=O) groups is 2. The molecule has 194 valence electrons. The average molecular weight is 496 g/mol. The first-order valence-electron chi connectivity index (χ1n) is 12.6. The molecule has 1 aliphatic heterocycles. The molecule has 8 heteroatoms. The Labute approximate surface area is 213 Å². The number of ether oxygens (including phenoxy) is 3. The van der Waals surface area contributed by atoms with Crippen molar-refractivity contribution in [2.75, 3.05) is 47.4 Å². The van der Waals surface area contributed by atoms with Gasteiger partial charge in [-0.2, -0.15) is 0 Å². The monoisotopic (exact) mass is 495 g/mol. The van der Waals surface area contributed by atoms with E-state index < -0.39 is 12.0 Å². The summed E-state index contributed by atoms with van der Waals surface area (Å²) < 4.78 is 16.5. The lowest BCUT2D eigenvalue weighted by Gasteiger charge is -2.34. The second-order valence-corrected chi connectivity index (χ2v) is 9.79. The largest absolute Gasteiger partial charge is 0.493 e. The number of methoxy groups -OCH3 is 2. The van der Waals surface area contributed by atoms with Crippen molar-refractivity contribution in [1.82, 2.24) is 9.80 Å². The molecule has 0 radical (unpaired) electrons. The number of carbonyl (C=O) groups excluding carboxylic acids is 2. The number of likely N-dealkylation sites (N-methyl/N-ethyl adjacent to an activating group) is 1. The Morgan fingerprint density at radius 3 is 2.25 bits per heavy atom. The molecule has 0 saturated carbocycles. The Kier molecular flexibility index (Phi) is 8.04. The molecule has 8 nitrogen and oxygen atoms in total. The minimum Gasteiger partial charge on any atom is -0.493 e. The van der Waals surface area contributed by atoms with Gasteiger partial charge in [0.15, 0.2) is 17.6 Å². The maximum Gasteiger partial charge on any atom is 0.258 e. The molecule has 0 fully saturated rings. The van der Waals surface area contributed by atoms with E-state index in [1.165, 1.54) is 22.3 Å². The maximum atomic E-state index is 13.0. The smallest absolute Gasteiger partial charge is 0.258 e. The lowest BCUT2D eigenvalue weighted by atomic mass is 9.77. The standard InChI is InChI=1S/C28H37N3O5/c1-18(28(29)33)36-23-5-6-24-21(14-23)13-22(24)17-30(2)10-9-27(32)31-11-7-19-15-25(34-3)26(35-4)16-20(19)8-12-31/h5-6,14-16,18,22H,7-13,17H2,1-4H3,(H2,29,33). The third-order valence-electron chi connectivity index (χ3n) is 7.33. The van der Waals surface area contributed by atoms with E-state index in [2.05, 4.69) is 18.0 Å². The average Bonchev–Trinajstić information content (AvgIpc) is 3.07. The summed E-state index contributed by atoms with van der Waals surface area (Å²) in [5, 5.41) is 0. The highest BCUT2D eigenvalue weighted by Crippen LogP contribution is 2.38. The molecule has 0 saturated heterocycles. The van der Waals surface area contributed by atoms with Crippen molar-refractivity contribution < 1.29 is 23.8 Å². The molecule has 1 aliphatic carbocycles. The molecule has 2 aromatic rings. The van der Waals surface area contributed by atoms with Gasteiger partial charge in [0, 0.05) is 38.5 Å². The van der Waals surface area contributed by atoms with Crippen LogP contribution in [0.2, 0.25) is 0 Å². The Bertz CT molecular complexity index is 1080. The maximum absolute atomic E-state index is 13.0. The molecular formula is C28H37N3O5. The van der Waals surface area contributed by atoms with Crippen LogP contribution >= 0.6 is 0 Å². The molecule has 0 spiro atoms. The van der Waals surface area contributed by atoms with Crippen LogP contribution in [0.5, 0.6) is 17.2 Å². The molecule has 0 bridgehead atoms. The van der Waals surface area contributed by atoms with Gasteiger partial charge in [-0.25, -0.2) is 0 Å². The van der Waals surface area contributed by atoms with Crippen LogP contribution in [0.15, 0.2) is 30.3 Å². The van der Waals surface area contributed by atoms with Gasteiger partial charge in [0.05, 0.1) is 14.2 Å². The summed E-state index contributed by atoms with van der Waals surface area (Å²) in [6, 6.07) is 10.1. The Balaban J connectivity index is 1.25. The number of primary amides is 1. The van der Waals surface area contributed by atoms with Gasteiger partial charge in [-0.05, 0) is 79.8 Å². The predicted molar refractivity (Wildman–Crippen MR) is 138 cm³/mol. The van der Waals surface area contributed by atoms with Crippen molar-refractivity contribution in [3.05, 3.63) is 52.6 Å². The minimum atomic E-state index is -0.647. The highest BCUT2D eigenvalue weighted by molar-refractivity contribution is 5.78.